The molecule has 1 N–H and O–H groups in total. The normalized spacial score (nSPS) is 10.8. The molecule has 106 valence electrons. The highest BCUT2D eigenvalue weighted by Crippen LogP contribution is 2.25. The van der Waals surface area contributed by atoms with Gasteiger partial charge in [0.05, 0.1) is 6.20 Å². The first kappa shape index (κ1) is 14.4. The van der Waals surface area contributed by atoms with Crippen LogP contribution < -0.4 is 10.1 Å². The zero-order valence-electron chi connectivity index (χ0n) is 11.4. The van der Waals surface area contributed by atoms with E-state index in [4.69, 9.17) is 4.74 Å². The van der Waals surface area contributed by atoms with E-state index in [0.717, 1.165) is 23.8 Å². The van der Waals surface area contributed by atoms with Crippen LogP contribution in [0.2, 0.25) is 0 Å². The summed E-state index contributed by atoms with van der Waals surface area (Å²) in [5, 5.41) is 3.24. The molecule has 0 unspecified atom stereocenters. The van der Waals surface area contributed by atoms with Gasteiger partial charge in [0.25, 0.3) is 0 Å². The van der Waals surface area contributed by atoms with Gasteiger partial charge >= 0.3 is 0 Å². The minimum absolute atomic E-state index is 0.152. The van der Waals surface area contributed by atoms with Crippen LogP contribution in [-0.4, -0.2) is 11.0 Å². The molecule has 1 aromatic heterocycles. The summed E-state index contributed by atoms with van der Waals surface area (Å²) in [7, 11) is 0. The highest BCUT2D eigenvalue weighted by Gasteiger charge is 2.07. The van der Waals surface area contributed by atoms with E-state index in [1.165, 1.54) is 6.20 Å². The number of hydrogen-bond donors (Lipinski definition) is 1. The van der Waals surface area contributed by atoms with Gasteiger partial charge in [0.1, 0.15) is 11.6 Å². The molecule has 20 heavy (non-hydrogen) atoms. The number of benzene rings is 1. The van der Waals surface area contributed by atoms with Crippen LogP contribution in [0.25, 0.3) is 0 Å². The summed E-state index contributed by atoms with van der Waals surface area (Å²) < 4.78 is 31.9. The van der Waals surface area contributed by atoms with Crippen molar-refractivity contribution in [2.24, 2.45) is 0 Å². The Kier molecular flexibility index (Phi) is 4.63. The van der Waals surface area contributed by atoms with E-state index in [0.29, 0.717) is 18.3 Å². The molecule has 1 aromatic carbocycles. The molecule has 0 bridgehead atoms. The fourth-order valence-electron chi connectivity index (χ4n) is 1.62. The van der Waals surface area contributed by atoms with E-state index >= 15 is 0 Å². The summed E-state index contributed by atoms with van der Waals surface area (Å²) in [6.07, 6.45) is 3.16. The van der Waals surface area contributed by atoms with Crippen molar-refractivity contribution in [2.45, 2.75) is 26.4 Å². The van der Waals surface area contributed by atoms with Crippen molar-refractivity contribution in [1.29, 1.82) is 0 Å². The molecule has 0 aliphatic rings. The second-order valence-electron chi connectivity index (χ2n) is 4.74. The molecule has 0 saturated heterocycles. The molecular weight excluding hydrogens is 262 g/mol. The molecule has 0 aliphatic carbocycles. The fraction of sp³-hybridized carbons (Fsp3) is 0.267. The molecule has 0 amide bonds. The quantitative estimate of drug-likeness (QED) is 0.906. The Balaban J connectivity index is 2.13. The summed E-state index contributed by atoms with van der Waals surface area (Å²) in [6, 6.07) is 5.17. The average molecular weight is 278 g/mol. The predicted molar refractivity (Wildman–Crippen MR) is 72.6 cm³/mol. The van der Waals surface area contributed by atoms with Crippen LogP contribution in [0.4, 0.5) is 8.78 Å². The minimum atomic E-state index is -0.614. The second-order valence-corrected chi connectivity index (χ2v) is 4.74. The summed E-state index contributed by atoms with van der Waals surface area (Å²) in [5.74, 6) is -0.942. The molecule has 1 heterocycles. The number of aromatic nitrogens is 1. The molecule has 0 fully saturated rings. The van der Waals surface area contributed by atoms with Crippen molar-refractivity contribution >= 4 is 0 Å². The van der Waals surface area contributed by atoms with E-state index in [9.17, 15) is 8.78 Å². The molecule has 2 rings (SSSR count). The largest absolute Gasteiger partial charge is 0.453 e. The van der Waals surface area contributed by atoms with Crippen LogP contribution in [-0.2, 0) is 6.54 Å². The van der Waals surface area contributed by atoms with Crippen LogP contribution >= 0.6 is 0 Å². The summed E-state index contributed by atoms with van der Waals surface area (Å²) in [4.78, 5) is 4.03. The number of halogens is 2. The highest BCUT2D eigenvalue weighted by molar-refractivity contribution is 5.32. The van der Waals surface area contributed by atoms with Gasteiger partial charge in [0, 0.05) is 24.8 Å². The molecule has 0 spiro atoms. The molecule has 0 radical (unpaired) electrons. The van der Waals surface area contributed by atoms with E-state index in [1.807, 2.05) is 13.8 Å². The van der Waals surface area contributed by atoms with Gasteiger partial charge in [-0.25, -0.2) is 8.78 Å². The molecule has 3 nitrogen and oxygen atoms in total. The van der Waals surface area contributed by atoms with Gasteiger partial charge in [-0.1, -0.05) is 13.8 Å². The lowest BCUT2D eigenvalue weighted by Gasteiger charge is -2.10. The minimum Gasteiger partial charge on any atom is -0.453 e. The van der Waals surface area contributed by atoms with Crippen molar-refractivity contribution in [3.05, 3.63) is 53.9 Å². The van der Waals surface area contributed by atoms with Gasteiger partial charge in [-0.15, -0.1) is 0 Å². The maximum atomic E-state index is 13.5. The Morgan fingerprint density at radius 1 is 1.20 bits per heavy atom. The van der Waals surface area contributed by atoms with Crippen molar-refractivity contribution < 1.29 is 13.5 Å². The van der Waals surface area contributed by atoms with Crippen LogP contribution in [0.1, 0.15) is 19.4 Å². The first-order valence-corrected chi connectivity index (χ1v) is 6.35. The molecule has 0 saturated carbocycles. The maximum Gasteiger partial charge on any atom is 0.166 e. The number of pyridine rings is 1. The average Bonchev–Trinajstić information content (AvgIpc) is 2.41. The topological polar surface area (TPSA) is 34.2 Å². The Bertz CT molecular complexity index is 588. The molecule has 5 heteroatoms. The zero-order valence-corrected chi connectivity index (χ0v) is 11.4. The summed E-state index contributed by atoms with van der Waals surface area (Å²) in [5.41, 5.74) is 0.910. The van der Waals surface area contributed by atoms with E-state index < -0.39 is 11.6 Å². The van der Waals surface area contributed by atoms with Crippen LogP contribution in [0.15, 0.2) is 36.7 Å². The zero-order chi connectivity index (χ0) is 14.5. The van der Waals surface area contributed by atoms with Crippen LogP contribution in [0.3, 0.4) is 0 Å². The Labute approximate surface area is 116 Å². The van der Waals surface area contributed by atoms with Crippen LogP contribution in [0, 0.1) is 11.6 Å². The van der Waals surface area contributed by atoms with Gasteiger partial charge in [0.2, 0.25) is 0 Å². The van der Waals surface area contributed by atoms with Gasteiger partial charge in [-0.3, -0.25) is 4.98 Å². The second kappa shape index (κ2) is 6.43. The number of hydrogen-bond acceptors (Lipinski definition) is 3. The Morgan fingerprint density at radius 3 is 2.75 bits per heavy atom. The third-order valence-electron chi connectivity index (χ3n) is 2.61. The Hall–Kier alpha value is -2.01. The lowest BCUT2D eigenvalue weighted by Crippen LogP contribution is -2.21. The summed E-state index contributed by atoms with van der Waals surface area (Å²) in [6.45, 7) is 4.71. The molecule has 2 aromatic rings. The fourth-order valence-corrected chi connectivity index (χ4v) is 1.62. The first-order valence-electron chi connectivity index (χ1n) is 6.35. The predicted octanol–water partition coefficient (Wildman–Crippen LogP) is 3.65. The third-order valence-corrected chi connectivity index (χ3v) is 2.61. The lowest BCUT2D eigenvalue weighted by atomic mass is 10.2. The highest BCUT2D eigenvalue weighted by atomic mass is 19.1. The standard InChI is InChI=1S/C15H16F2N2O/c1-10(2)19-8-11-5-13(9-18-7-11)20-15-6-12(16)3-4-14(15)17/h3-7,9-10,19H,8H2,1-2H3. The maximum absolute atomic E-state index is 13.5. The van der Waals surface area contributed by atoms with Gasteiger partial charge < -0.3 is 10.1 Å². The van der Waals surface area contributed by atoms with Crippen molar-refractivity contribution in [1.82, 2.24) is 10.3 Å². The first-order chi connectivity index (χ1) is 9.54. The van der Waals surface area contributed by atoms with Crippen molar-refractivity contribution in [2.75, 3.05) is 0 Å². The van der Waals surface area contributed by atoms with Gasteiger partial charge in [-0.2, -0.15) is 0 Å². The molecule has 0 atom stereocenters. The van der Waals surface area contributed by atoms with E-state index in [2.05, 4.69) is 10.3 Å². The van der Waals surface area contributed by atoms with Gasteiger partial charge in [-0.05, 0) is 23.8 Å². The lowest BCUT2D eigenvalue weighted by molar-refractivity contribution is 0.434. The SMILES string of the molecule is CC(C)NCc1cncc(Oc2cc(F)ccc2F)c1. The smallest absolute Gasteiger partial charge is 0.166 e. The van der Waals surface area contributed by atoms with E-state index in [1.54, 1.807) is 12.3 Å². The van der Waals surface area contributed by atoms with Crippen molar-refractivity contribution in [3.63, 3.8) is 0 Å². The van der Waals surface area contributed by atoms with E-state index in [-0.39, 0.29) is 5.75 Å². The number of nitrogens with zero attached hydrogens (tertiary/aromatic N) is 1. The molecule has 0 aliphatic heterocycles. The monoisotopic (exact) mass is 278 g/mol. The number of ether oxygens (including phenoxy) is 1. The molecular formula is C15H16F2N2O. The third kappa shape index (κ3) is 3.99. The Morgan fingerprint density at radius 2 is 2.00 bits per heavy atom. The summed E-state index contributed by atoms with van der Waals surface area (Å²) >= 11 is 0. The number of rotatable bonds is 5. The van der Waals surface area contributed by atoms with Crippen molar-refractivity contribution in [3.8, 4) is 11.5 Å². The van der Waals surface area contributed by atoms with Gasteiger partial charge in [0.15, 0.2) is 11.6 Å². The number of nitrogens with one attached hydrogen (secondary N) is 1. The van der Waals surface area contributed by atoms with Crippen LogP contribution in [0.5, 0.6) is 11.5 Å².